The molecule has 4 rings (SSSR count). The van der Waals surface area contributed by atoms with Crippen LogP contribution in [0.5, 0.6) is 0 Å². The lowest BCUT2D eigenvalue weighted by Crippen LogP contribution is -2.32. The molecule has 0 bridgehead atoms. The second kappa shape index (κ2) is 5.93. The number of fused-ring (bicyclic) bond motifs is 1. The lowest BCUT2D eigenvalue weighted by Gasteiger charge is -2.25. The molecule has 3 nitrogen and oxygen atoms in total. The van der Waals surface area contributed by atoms with Gasteiger partial charge in [-0.15, -0.1) is 5.47 Å². The van der Waals surface area contributed by atoms with E-state index in [1.165, 1.54) is 11.1 Å². The van der Waals surface area contributed by atoms with Crippen LogP contribution in [-0.4, -0.2) is 20.1 Å². The molecule has 3 aliphatic carbocycles. The molecule has 0 amide bonds. The Bertz CT molecular complexity index is 696. The summed E-state index contributed by atoms with van der Waals surface area (Å²) in [5.74, 6) is 1.35. The van der Waals surface area contributed by atoms with Gasteiger partial charge in [-0.25, -0.2) is 0 Å². The van der Waals surface area contributed by atoms with Crippen molar-refractivity contribution >= 4 is 7.85 Å². The zero-order valence-electron chi connectivity index (χ0n) is 13.2. The van der Waals surface area contributed by atoms with Gasteiger partial charge in [-0.1, -0.05) is 36.5 Å². The molecule has 0 saturated carbocycles. The molecule has 3 N–H and O–H groups in total. The summed E-state index contributed by atoms with van der Waals surface area (Å²) in [7, 11) is 5.90. The van der Waals surface area contributed by atoms with E-state index in [0.29, 0.717) is 5.92 Å². The molecule has 0 aromatic carbocycles. The average Bonchev–Trinajstić information content (AvgIpc) is 3.00. The Balaban J connectivity index is 1.64. The topological polar surface area (TPSA) is 47.3 Å². The largest absolute Gasteiger partial charge is 0.468 e. The molecular weight excluding hydrogens is 283 g/mol. The minimum Gasteiger partial charge on any atom is -0.468 e. The summed E-state index contributed by atoms with van der Waals surface area (Å²) in [6, 6.07) is -0.0276. The summed E-state index contributed by atoms with van der Waals surface area (Å²) in [4.78, 5) is 0. The quantitative estimate of drug-likeness (QED) is 0.771. The van der Waals surface area contributed by atoms with E-state index in [-0.39, 0.29) is 12.3 Å². The van der Waals surface area contributed by atoms with Crippen LogP contribution in [0.4, 0.5) is 0 Å². The van der Waals surface area contributed by atoms with Crippen molar-refractivity contribution in [2.45, 2.75) is 38.0 Å². The fraction of sp³-hybridized carbons (Fsp3) is 0.368. The second-order valence-corrected chi connectivity index (χ2v) is 6.53. The van der Waals surface area contributed by atoms with Crippen LogP contribution in [0.15, 0.2) is 70.6 Å². The van der Waals surface area contributed by atoms with E-state index in [1.54, 1.807) is 0 Å². The first-order valence-electron chi connectivity index (χ1n) is 8.35. The van der Waals surface area contributed by atoms with E-state index in [2.05, 4.69) is 41.8 Å². The maximum Gasteiger partial charge on any atom is 0.176 e. The van der Waals surface area contributed by atoms with E-state index >= 15 is 0 Å². The van der Waals surface area contributed by atoms with Crippen molar-refractivity contribution in [2.75, 3.05) is 0 Å². The number of nitrogens with one attached hydrogen (secondary N) is 1. The number of hydrogen-bond donors (Lipinski definition) is 2. The second-order valence-electron chi connectivity index (χ2n) is 6.53. The molecule has 1 saturated heterocycles. The summed E-state index contributed by atoms with van der Waals surface area (Å²) in [6.45, 7) is 0. The lowest BCUT2D eigenvalue weighted by molar-refractivity contribution is 0.106. The highest BCUT2D eigenvalue weighted by molar-refractivity contribution is 6.21. The Morgan fingerprint density at radius 3 is 2.96 bits per heavy atom. The molecule has 0 aromatic heterocycles. The summed E-state index contributed by atoms with van der Waals surface area (Å²) in [5.41, 5.74) is 10.8. The van der Waals surface area contributed by atoms with Gasteiger partial charge >= 0.3 is 0 Å². The minimum absolute atomic E-state index is 0.00609. The molecule has 1 heterocycles. The third kappa shape index (κ3) is 2.72. The Morgan fingerprint density at radius 1 is 1.26 bits per heavy atom. The van der Waals surface area contributed by atoms with Gasteiger partial charge in [-0.3, -0.25) is 0 Å². The highest BCUT2D eigenvalue weighted by atomic mass is 16.5. The molecule has 4 aliphatic rings. The van der Waals surface area contributed by atoms with E-state index in [0.717, 1.165) is 42.6 Å². The number of ether oxygens (including phenoxy) is 1. The molecule has 3 atom stereocenters. The number of hydrogen-bond acceptors (Lipinski definition) is 3. The average molecular weight is 304 g/mol. The third-order valence-electron chi connectivity index (χ3n) is 4.90. The summed E-state index contributed by atoms with van der Waals surface area (Å²) >= 11 is 0. The van der Waals surface area contributed by atoms with Gasteiger partial charge in [-0.2, -0.15) is 0 Å². The monoisotopic (exact) mass is 304 g/mol. The van der Waals surface area contributed by atoms with Crippen LogP contribution in [0.2, 0.25) is 0 Å². The van der Waals surface area contributed by atoms with Gasteiger partial charge in [0.2, 0.25) is 0 Å². The Morgan fingerprint density at radius 2 is 2.17 bits per heavy atom. The van der Waals surface area contributed by atoms with Crippen LogP contribution in [0, 0.1) is 5.92 Å². The molecule has 1 aliphatic heterocycles. The van der Waals surface area contributed by atoms with Crippen LogP contribution < -0.4 is 11.1 Å². The van der Waals surface area contributed by atoms with Crippen LogP contribution in [0.25, 0.3) is 0 Å². The molecule has 116 valence electrons. The minimum atomic E-state index is -0.0276. The van der Waals surface area contributed by atoms with Gasteiger partial charge in [0.15, 0.2) is 6.23 Å². The Hall–Kier alpha value is -1.94. The highest BCUT2D eigenvalue weighted by Gasteiger charge is 2.35. The van der Waals surface area contributed by atoms with E-state index < -0.39 is 0 Å². The van der Waals surface area contributed by atoms with E-state index in [9.17, 15) is 0 Å². The smallest absolute Gasteiger partial charge is 0.176 e. The standard InChI is InChI=1S/C19H21BN2O/c20-13-9-10-14(16(21)11-13)15-7-4-8-17-18(15)22-19(23-17)12-5-2-1-3-6-12/h1-3,5,8-10,12,16,19,22H,4,6-7,11,21H2. The molecule has 2 radical (unpaired) electrons. The van der Waals surface area contributed by atoms with E-state index in [1.807, 2.05) is 6.08 Å². The SMILES string of the molecule is [B]C1=CC=C(C2=C3NC(C4C=CC=CC4)OC3=CCC2)C(N)C1. The maximum atomic E-state index is 6.33. The highest BCUT2D eigenvalue weighted by Crippen LogP contribution is 2.38. The van der Waals surface area contributed by atoms with Crippen LogP contribution in [-0.2, 0) is 4.74 Å². The van der Waals surface area contributed by atoms with Crippen molar-refractivity contribution in [3.05, 3.63) is 70.6 Å². The van der Waals surface area contributed by atoms with Crippen molar-refractivity contribution in [3.63, 3.8) is 0 Å². The van der Waals surface area contributed by atoms with Gasteiger partial charge in [0.1, 0.15) is 13.6 Å². The van der Waals surface area contributed by atoms with Crippen molar-refractivity contribution in [1.82, 2.24) is 5.32 Å². The molecular formula is C19H21BN2O. The molecule has 0 spiro atoms. The fourth-order valence-corrected chi connectivity index (χ4v) is 3.68. The lowest BCUT2D eigenvalue weighted by atomic mass is 9.79. The Kier molecular flexibility index (Phi) is 3.78. The molecule has 0 aromatic rings. The summed E-state index contributed by atoms with van der Waals surface area (Å²) in [6.07, 6.45) is 18.6. The van der Waals surface area contributed by atoms with Gasteiger partial charge in [-0.05, 0) is 42.9 Å². The number of nitrogens with two attached hydrogens (primary N) is 1. The van der Waals surface area contributed by atoms with Gasteiger partial charge < -0.3 is 15.8 Å². The van der Waals surface area contributed by atoms with Crippen LogP contribution in [0.3, 0.4) is 0 Å². The van der Waals surface area contributed by atoms with Crippen LogP contribution >= 0.6 is 0 Å². The third-order valence-corrected chi connectivity index (χ3v) is 4.90. The zero-order chi connectivity index (χ0) is 15.8. The van der Waals surface area contributed by atoms with Gasteiger partial charge in [0, 0.05) is 12.0 Å². The molecule has 3 unspecified atom stereocenters. The fourth-order valence-electron chi connectivity index (χ4n) is 3.68. The van der Waals surface area contributed by atoms with Crippen molar-refractivity contribution in [2.24, 2.45) is 11.7 Å². The maximum absolute atomic E-state index is 6.33. The van der Waals surface area contributed by atoms with Gasteiger partial charge in [0.25, 0.3) is 0 Å². The number of rotatable bonds is 2. The Labute approximate surface area is 138 Å². The van der Waals surface area contributed by atoms with E-state index in [4.69, 9.17) is 18.3 Å². The first-order chi connectivity index (χ1) is 11.2. The first kappa shape index (κ1) is 14.6. The number of allylic oxidation sites excluding steroid dienone is 6. The summed E-state index contributed by atoms with van der Waals surface area (Å²) in [5, 5.41) is 3.60. The molecule has 1 fully saturated rings. The zero-order valence-corrected chi connectivity index (χ0v) is 13.2. The molecule has 4 heteroatoms. The molecule has 23 heavy (non-hydrogen) atoms. The van der Waals surface area contributed by atoms with Gasteiger partial charge in [0.05, 0.1) is 5.70 Å². The summed E-state index contributed by atoms with van der Waals surface area (Å²) < 4.78 is 6.18. The van der Waals surface area contributed by atoms with Crippen LogP contribution in [0.1, 0.15) is 25.7 Å². The predicted octanol–water partition coefficient (Wildman–Crippen LogP) is 2.71. The van der Waals surface area contributed by atoms with Crippen molar-refractivity contribution < 1.29 is 4.74 Å². The normalized spacial score (nSPS) is 32.6. The van der Waals surface area contributed by atoms with Crippen molar-refractivity contribution in [3.8, 4) is 0 Å². The van der Waals surface area contributed by atoms with Crippen molar-refractivity contribution in [1.29, 1.82) is 0 Å². The predicted molar refractivity (Wildman–Crippen MR) is 93.3 cm³/mol. The first-order valence-corrected chi connectivity index (χ1v) is 8.35.